The molecule has 0 amide bonds. The Morgan fingerprint density at radius 3 is 2.43 bits per heavy atom. The smallest absolute Gasteiger partial charge is 0.262 e. The highest BCUT2D eigenvalue weighted by Crippen LogP contribution is 2.19. The van der Waals surface area contributed by atoms with Crippen molar-refractivity contribution in [2.75, 3.05) is 4.72 Å². The Kier molecular flexibility index (Phi) is 4.93. The van der Waals surface area contributed by atoms with Crippen LogP contribution in [0.2, 0.25) is 0 Å². The van der Waals surface area contributed by atoms with Gasteiger partial charge in [0, 0.05) is 25.0 Å². The van der Waals surface area contributed by atoms with Crippen molar-refractivity contribution in [3.63, 3.8) is 0 Å². The zero-order valence-electron chi connectivity index (χ0n) is 12.1. The van der Waals surface area contributed by atoms with E-state index in [0.717, 1.165) is 5.56 Å². The molecular weight excluding hydrogens is 286 g/mol. The average Bonchev–Trinajstić information content (AvgIpc) is 2.46. The fourth-order valence-corrected chi connectivity index (χ4v) is 3.16. The molecule has 0 atom stereocenters. The predicted octanol–water partition coefficient (Wildman–Crippen LogP) is 2.38. The van der Waals surface area contributed by atoms with E-state index in [1.807, 2.05) is 26.0 Å². The van der Waals surface area contributed by atoms with Gasteiger partial charge in [-0.2, -0.15) is 0 Å². The molecule has 112 valence electrons. The van der Waals surface area contributed by atoms with Crippen LogP contribution in [-0.4, -0.2) is 19.4 Å². The summed E-state index contributed by atoms with van der Waals surface area (Å²) < 4.78 is 27.6. The van der Waals surface area contributed by atoms with Gasteiger partial charge < -0.3 is 5.32 Å². The van der Waals surface area contributed by atoms with E-state index in [9.17, 15) is 8.42 Å². The van der Waals surface area contributed by atoms with Crippen LogP contribution in [0, 0.1) is 0 Å². The van der Waals surface area contributed by atoms with E-state index in [4.69, 9.17) is 0 Å². The van der Waals surface area contributed by atoms with Gasteiger partial charge in [0.25, 0.3) is 10.0 Å². The van der Waals surface area contributed by atoms with Crippen molar-refractivity contribution < 1.29 is 8.42 Å². The second kappa shape index (κ2) is 6.69. The van der Waals surface area contributed by atoms with Gasteiger partial charge in [-0.1, -0.05) is 32.0 Å². The number of sulfonamides is 1. The van der Waals surface area contributed by atoms with E-state index < -0.39 is 10.0 Å². The van der Waals surface area contributed by atoms with Crippen molar-refractivity contribution in [1.29, 1.82) is 0 Å². The molecule has 0 aliphatic rings. The van der Waals surface area contributed by atoms with Crippen LogP contribution >= 0.6 is 0 Å². The SMILES string of the molecule is CC(C)NCc1ccccc1S(=O)(=O)Nc1ccncc1. The lowest BCUT2D eigenvalue weighted by molar-refractivity contribution is 0.576. The lowest BCUT2D eigenvalue weighted by atomic mass is 10.2. The summed E-state index contributed by atoms with van der Waals surface area (Å²) in [5.74, 6) is 0. The van der Waals surface area contributed by atoms with E-state index in [2.05, 4.69) is 15.0 Å². The first kappa shape index (κ1) is 15.5. The Morgan fingerprint density at radius 1 is 1.10 bits per heavy atom. The van der Waals surface area contributed by atoms with Gasteiger partial charge in [0.05, 0.1) is 10.6 Å². The molecule has 5 nitrogen and oxygen atoms in total. The Morgan fingerprint density at radius 2 is 1.76 bits per heavy atom. The molecule has 0 unspecified atom stereocenters. The van der Waals surface area contributed by atoms with Crippen molar-refractivity contribution in [3.8, 4) is 0 Å². The molecule has 0 spiro atoms. The number of anilines is 1. The monoisotopic (exact) mass is 305 g/mol. The van der Waals surface area contributed by atoms with Gasteiger partial charge in [0.2, 0.25) is 0 Å². The number of hydrogen-bond acceptors (Lipinski definition) is 4. The molecule has 2 aromatic rings. The van der Waals surface area contributed by atoms with Gasteiger partial charge in [-0.05, 0) is 23.8 Å². The number of nitrogens with one attached hydrogen (secondary N) is 2. The third kappa shape index (κ3) is 4.27. The van der Waals surface area contributed by atoms with E-state index >= 15 is 0 Å². The third-order valence-corrected chi connectivity index (χ3v) is 4.38. The zero-order chi connectivity index (χ0) is 15.3. The van der Waals surface area contributed by atoms with E-state index in [-0.39, 0.29) is 10.9 Å². The molecule has 1 aromatic heterocycles. The second-order valence-corrected chi connectivity index (χ2v) is 6.64. The lowest BCUT2D eigenvalue weighted by Gasteiger charge is -2.14. The first-order valence-corrected chi connectivity index (χ1v) is 8.21. The number of aromatic nitrogens is 1. The maximum Gasteiger partial charge on any atom is 0.262 e. The molecule has 0 radical (unpaired) electrons. The summed E-state index contributed by atoms with van der Waals surface area (Å²) in [4.78, 5) is 4.16. The number of hydrogen-bond donors (Lipinski definition) is 2. The molecule has 2 rings (SSSR count). The summed E-state index contributed by atoms with van der Waals surface area (Å²) >= 11 is 0. The molecule has 0 aliphatic carbocycles. The highest BCUT2D eigenvalue weighted by molar-refractivity contribution is 7.92. The number of pyridine rings is 1. The minimum atomic E-state index is -3.61. The summed E-state index contributed by atoms with van der Waals surface area (Å²) in [6, 6.07) is 10.5. The Balaban J connectivity index is 2.27. The van der Waals surface area contributed by atoms with Crippen LogP contribution in [0.15, 0.2) is 53.7 Å². The number of benzene rings is 1. The van der Waals surface area contributed by atoms with Crippen LogP contribution in [0.5, 0.6) is 0 Å². The number of nitrogens with zero attached hydrogens (tertiary/aromatic N) is 1. The minimum Gasteiger partial charge on any atom is -0.310 e. The van der Waals surface area contributed by atoms with Gasteiger partial charge in [0.15, 0.2) is 0 Å². The van der Waals surface area contributed by atoms with Gasteiger partial charge in [-0.15, -0.1) is 0 Å². The molecule has 0 fully saturated rings. The Labute approximate surface area is 125 Å². The topological polar surface area (TPSA) is 71.1 Å². The van der Waals surface area contributed by atoms with Crippen molar-refractivity contribution in [2.24, 2.45) is 0 Å². The van der Waals surface area contributed by atoms with Crippen LogP contribution < -0.4 is 10.0 Å². The van der Waals surface area contributed by atoms with E-state index in [0.29, 0.717) is 12.2 Å². The maximum absolute atomic E-state index is 12.5. The summed E-state index contributed by atoms with van der Waals surface area (Å²) in [5.41, 5.74) is 1.24. The number of rotatable bonds is 6. The molecule has 0 aliphatic heterocycles. The van der Waals surface area contributed by atoms with Crippen LogP contribution in [0.1, 0.15) is 19.4 Å². The van der Waals surface area contributed by atoms with Gasteiger partial charge in [0.1, 0.15) is 0 Å². The molecule has 6 heteroatoms. The van der Waals surface area contributed by atoms with Gasteiger partial charge >= 0.3 is 0 Å². The summed E-state index contributed by atoms with van der Waals surface area (Å²) in [5, 5.41) is 3.24. The third-order valence-electron chi connectivity index (χ3n) is 2.90. The van der Waals surface area contributed by atoms with E-state index in [1.54, 1.807) is 36.7 Å². The Bertz CT molecular complexity index is 685. The standard InChI is InChI=1S/C15H19N3O2S/c1-12(2)17-11-13-5-3-4-6-15(13)21(19,20)18-14-7-9-16-10-8-14/h3-10,12,17H,11H2,1-2H3,(H,16,18). The van der Waals surface area contributed by atoms with Crippen LogP contribution in [0.4, 0.5) is 5.69 Å². The molecule has 0 saturated carbocycles. The molecule has 1 heterocycles. The average molecular weight is 305 g/mol. The first-order valence-electron chi connectivity index (χ1n) is 6.73. The predicted molar refractivity (Wildman–Crippen MR) is 83.5 cm³/mol. The normalized spacial score (nSPS) is 11.6. The van der Waals surface area contributed by atoms with Crippen molar-refractivity contribution in [1.82, 2.24) is 10.3 Å². The molecule has 0 saturated heterocycles. The van der Waals surface area contributed by atoms with E-state index in [1.165, 1.54) is 0 Å². The summed E-state index contributed by atoms with van der Waals surface area (Å²) in [6.07, 6.45) is 3.09. The highest BCUT2D eigenvalue weighted by Gasteiger charge is 2.18. The minimum absolute atomic E-state index is 0.286. The molecular formula is C15H19N3O2S. The van der Waals surface area contributed by atoms with Crippen molar-refractivity contribution in [3.05, 3.63) is 54.4 Å². The highest BCUT2D eigenvalue weighted by atomic mass is 32.2. The van der Waals surface area contributed by atoms with Crippen molar-refractivity contribution in [2.45, 2.75) is 31.3 Å². The Hall–Kier alpha value is -1.92. The van der Waals surface area contributed by atoms with Gasteiger partial charge in [-0.25, -0.2) is 8.42 Å². The summed E-state index contributed by atoms with van der Waals surface area (Å²) in [7, 11) is -3.61. The maximum atomic E-state index is 12.5. The van der Waals surface area contributed by atoms with Crippen molar-refractivity contribution >= 4 is 15.7 Å². The van der Waals surface area contributed by atoms with Crippen LogP contribution in [-0.2, 0) is 16.6 Å². The first-order chi connectivity index (χ1) is 9.99. The molecule has 21 heavy (non-hydrogen) atoms. The van der Waals surface area contributed by atoms with Gasteiger partial charge in [-0.3, -0.25) is 9.71 Å². The molecule has 2 N–H and O–H groups in total. The lowest BCUT2D eigenvalue weighted by Crippen LogP contribution is -2.24. The fraction of sp³-hybridized carbons (Fsp3) is 0.267. The van der Waals surface area contributed by atoms with Crippen LogP contribution in [0.3, 0.4) is 0 Å². The van der Waals surface area contributed by atoms with Crippen LogP contribution in [0.25, 0.3) is 0 Å². The fourth-order valence-electron chi connectivity index (χ4n) is 1.86. The molecule has 0 bridgehead atoms. The molecule has 1 aromatic carbocycles. The largest absolute Gasteiger partial charge is 0.310 e. The quantitative estimate of drug-likeness (QED) is 0.859. The second-order valence-electron chi connectivity index (χ2n) is 4.98. The summed E-state index contributed by atoms with van der Waals surface area (Å²) in [6.45, 7) is 4.55. The zero-order valence-corrected chi connectivity index (χ0v) is 12.9.